The number of carbonyl (C=O) groups excluding carboxylic acids is 2. The maximum absolute atomic E-state index is 14.0. The first-order chi connectivity index (χ1) is 17.2. The van der Waals surface area contributed by atoms with E-state index in [0.29, 0.717) is 18.7 Å². The first-order valence-electron chi connectivity index (χ1n) is 12.6. The molecule has 4 nitrogen and oxygen atoms in total. The summed E-state index contributed by atoms with van der Waals surface area (Å²) >= 11 is 0. The van der Waals surface area contributed by atoms with E-state index < -0.39 is 5.92 Å². The van der Waals surface area contributed by atoms with Gasteiger partial charge in [-0.05, 0) is 48.1 Å². The number of rotatable bonds is 5. The number of para-hydroxylation sites is 1. The second-order valence-electron chi connectivity index (χ2n) is 9.74. The maximum Gasteiger partial charge on any atom is 0.238 e. The first kappa shape index (κ1) is 21.8. The minimum absolute atomic E-state index is 0.0620. The molecule has 6 rings (SSSR count). The molecule has 176 valence electrons. The quantitative estimate of drug-likeness (QED) is 0.431. The zero-order chi connectivity index (χ0) is 23.9. The van der Waals surface area contributed by atoms with E-state index in [1.54, 1.807) is 0 Å². The molecule has 4 heteroatoms. The third-order valence-electron chi connectivity index (χ3n) is 8.01. The van der Waals surface area contributed by atoms with Crippen LogP contribution in [0.5, 0.6) is 0 Å². The summed E-state index contributed by atoms with van der Waals surface area (Å²) in [5, 5.41) is 0. The number of carbonyl (C=O) groups is 2. The van der Waals surface area contributed by atoms with Gasteiger partial charge < -0.3 is 4.74 Å². The molecule has 0 radical (unpaired) electrons. The van der Waals surface area contributed by atoms with Gasteiger partial charge in [0.05, 0.1) is 29.9 Å². The topological polar surface area (TPSA) is 46.6 Å². The molecular formula is C31H29NO3. The summed E-state index contributed by atoms with van der Waals surface area (Å²) in [6.07, 6.45) is 1.39. The van der Waals surface area contributed by atoms with Crippen LogP contribution in [0.15, 0.2) is 102 Å². The Labute approximate surface area is 206 Å². The van der Waals surface area contributed by atoms with Crippen LogP contribution in [-0.4, -0.2) is 18.4 Å². The van der Waals surface area contributed by atoms with Gasteiger partial charge in [0.15, 0.2) is 0 Å². The normalized spacial score (nSPS) is 27.7. The summed E-state index contributed by atoms with van der Waals surface area (Å²) in [6, 6.07) is 30.4. The van der Waals surface area contributed by atoms with Crippen LogP contribution in [0.2, 0.25) is 0 Å². The molecule has 2 amide bonds. The molecule has 2 fully saturated rings. The predicted molar refractivity (Wildman–Crippen MR) is 136 cm³/mol. The van der Waals surface area contributed by atoms with E-state index in [1.165, 1.54) is 21.6 Å². The molecule has 0 bridgehead atoms. The number of anilines is 1. The number of ether oxygens (including phenoxy) is 1. The summed E-state index contributed by atoms with van der Waals surface area (Å²) in [6.45, 7) is 2.54. The highest BCUT2D eigenvalue weighted by Gasteiger charge is 2.60. The molecule has 1 aliphatic heterocycles. The van der Waals surface area contributed by atoms with Crippen LogP contribution in [0.1, 0.15) is 42.7 Å². The molecule has 0 spiro atoms. The highest BCUT2D eigenvalue weighted by atomic mass is 16.5. The van der Waals surface area contributed by atoms with Gasteiger partial charge in [-0.1, -0.05) is 78.9 Å². The molecule has 3 aromatic rings. The molecule has 0 N–H and O–H groups in total. The van der Waals surface area contributed by atoms with E-state index in [0.717, 1.165) is 12.2 Å². The van der Waals surface area contributed by atoms with Crippen LogP contribution in [0.4, 0.5) is 5.69 Å². The van der Waals surface area contributed by atoms with Crippen molar-refractivity contribution < 1.29 is 14.3 Å². The largest absolute Gasteiger partial charge is 0.498 e. The number of nitrogens with zero attached hydrogens (tertiary/aromatic N) is 1. The highest BCUT2D eigenvalue weighted by molar-refractivity contribution is 6.22. The van der Waals surface area contributed by atoms with E-state index >= 15 is 0 Å². The highest BCUT2D eigenvalue weighted by Crippen LogP contribution is 2.61. The van der Waals surface area contributed by atoms with E-state index in [4.69, 9.17) is 4.74 Å². The molecule has 3 aromatic carbocycles. The Morgan fingerprint density at radius 1 is 0.743 bits per heavy atom. The van der Waals surface area contributed by atoms with Gasteiger partial charge in [0.1, 0.15) is 0 Å². The van der Waals surface area contributed by atoms with Gasteiger partial charge in [-0.3, -0.25) is 14.5 Å². The van der Waals surface area contributed by atoms with Crippen LogP contribution in [-0.2, 0) is 14.3 Å². The molecule has 2 aliphatic carbocycles. The van der Waals surface area contributed by atoms with Crippen molar-refractivity contribution in [3.8, 4) is 0 Å². The van der Waals surface area contributed by atoms with Crippen LogP contribution in [0.25, 0.3) is 0 Å². The Hall–Kier alpha value is -3.66. The molecule has 1 heterocycles. The lowest BCUT2D eigenvalue weighted by molar-refractivity contribution is -0.122. The summed E-state index contributed by atoms with van der Waals surface area (Å²) in [4.78, 5) is 29.2. The number of benzene rings is 3. The van der Waals surface area contributed by atoms with Gasteiger partial charge in [0.2, 0.25) is 11.8 Å². The molecule has 1 saturated heterocycles. The zero-order valence-electron chi connectivity index (χ0n) is 19.8. The van der Waals surface area contributed by atoms with Crippen molar-refractivity contribution in [2.45, 2.75) is 31.6 Å². The third kappa shape index (κ3) is 3.51. The number of amides is 2. The molecule has 35 heavy (non-hydrogen) atoms. The van der Waals surface area contributed by atoms with Gasteiger partial charge in [0, 0.05) is 18.3 Å². The van der Waals surface area contributed by atoms with Crippen LogP contribution in [0.3, 0.4) is 0 Å². The van der Waals surface area contributed by atoms with Gasteiger partial charge >= 0.3 is 0 Å². The van der Waals surface area contributed by atoms with E-state index in [-0.39, 0.29) is 35.5 Å². The second kappa shape index (κ2) is 8.84. The van der Waals surface area contributed by atoms with Gasteiger partial charge in [0.25, 0.3) is 0 Å². The van der Waals surface area contributed by atoms with Crippen LogP contribution < -0.4 is 4.90 Å². The fourth-order valence-corrected chi connectivity index (χ4v) is 6.68. The fraction of sp³-hybridized carbons (Fsp3) is 0.290. The number of fused-ring (bicyclic) bond motifs is 3. The van der Waals surface area contributed by atoms with Crippen molar-refractivity contribution in [3.05, 3.63) is 113 Å². The Bertz CT molecular complexity index is 1270. The number of allylic oxidation sites excluding steroid dienone is 2. The first-order valence-corrected chi connectivity index (χ1v) is 12.6. The average Bonchev–Trinajstić information content (AvgIpc) is 3.42. The molecule has 0 aromatic heterocycles. The van der Waals surface area contributed by atoms with Crippen LogP contribution in [0, 0.1) is 17.8 Å². The summed E-state index contributed by atoms with van der Waals surface area (Å²) in [5.41, 5.74) is 4.36. The number of hydrogen-bond acceptors (Lipinski definition) is 3. The molecule has 3 aliphatic rings. The lowest BCUT2D eigenvalue weighted by Crippen LogP contribution is -2.35. The molecule has 5 atom stereocenters. The number of hydrogen-bond donors (Lipinski definition) is 0. The van der Waals surface area contributed by atoms with Crippen molar-refractivity contribution in [3.63, 3.8) is 0 Å². The predicted octanol–water partition coefficient (Wildman–Crippen LogP) is 6.07. The van der Waals surface area contributed by atoms with Crippen molar-refractivity contribution in [2.75, 3.05) is 11.5 Å². The molecular weight excluding hydrogens is 434 g/mol. The standard InChI is InChI=1S/C31H29NO3/c1-2-35-26-19-25-29(31(34)32(30(25)33)22-16-10-5-11-17-22)28-24(21-14-8-4-9-15-21)18-23(27(26)28)20-12-6-3-7-13-20/h3-17,23-25,28-29H,2,18-19H2,1H3. The van der Waals surface area contributed by atoms with Gasteiger partial charge in [-0.2, -0.15) is 0 Å². The Morgan fingerprint density at radius 2 is 1.34 bits per heavy atom. The summed E-state index contributed by atoms with van der Waals surface area (Å²) in [7, 11) is 0. The number of imide groups is 1. The van der Waals surface area contributed by atoms with E-state index in [1.807, 2.05) is 49.4 Å². The van der Waals surface area contributed by atoms with Crippen LogP contribution >= 0.6 is 0 Å². The smallest absolute Gasteiger partial charge is 0.238 e. The monoisotopic (exact) mass is 463 g/mol. The third-order valence-corrected chi connectivity index (χ3v) is 8.01. The van der Waals surface area contributed by atoms with Crippen molar-refractivity contribution in [2.24, 2.45) is 17.8 Å². The van der Waals surface area contributed by atoms with E-state index in [9.17, 15) is 9.59 Å². The molecule has 5 unspecified atom stereocenters. The van der Waals surface area contributed by atoms with E-state index in [2.05, 4.69) is 48.5 Å². The van der Waals surface area contributed by atoms with Crippen molar-refractivity contribution >= 4 is 17.5 Å². The second-order valence-corrected chi connectivity index (χ2v) is 9.74. The zero-order valence-corrected chi connectivity index (χ0v) is 19.8. The van der Waals surface area contributed by atoms with Gasteiger partial charge in [-0.15, -0.1) is 0 Å². The van der Waals surface area contributed by atoms with Crippen molar-refractivity contribution in [1.29, 1.82) is 0 Å². The Kier molecular flexibility index (Phi) is 5.52. The van der Waals surface area contributed by atoms with Crippen molar-refractivity contribution in [1.82, 2.24) is 0 Å². The molecule has 1 saturated carbocycles. The minimum atomic E-state index is -0.390. The summed E-state index contributed by atoms with van der Waals surface area (Å²) < 4.78 is 6.26. The Balaban J connectivity index is 1.51. The fourth-order valence-electron chi connectivity index (χ4n) is 6.68. The summed E-state index contributed by atoms with van der Waals surface area (Å²) in [5.74, 6) is 0.237. The lowest BCUT2D eigenvalue weighted by atomic mass is 9.68. The Morgan fingerprint density at radius 3 is 1.97 bits per heavy atom. The average molecular weight is 464 g/mol. The minimum Gasteiger partial charge on any atom is -0.498 e. The maximum atomic E-state index is 14.0. The van der Waals surface area contributed by atoms with Gasteiger partial charge in [-0.25, -0.2) is 0 Å². The SMILES string of the molecule is CCOC1=C2C(c3ccccc3)CC(c3ccccc3)C2C2C(=O)N(c3ccccc3)C(=O)C2C1. The lowest BCUT2D eigenvalue weighted by Gasteiger charge is -2.35.